The molecule has 30 heavy (non-hydrogen) atoms. The van der Waals surface area contributed by atoms with Crippen molar-refractivity contribution in [3.63, 3.8) is 0 Å². The van der Waals surface area contributed by atoms with Crippen molar-refractivity contribution in [3.8, 4) is 5.75 Å². The number of allylic oxidation sites excluding steroid dienone is 4. The van der Waals surface area contributed by atoms with Crippen LogP contribution in [0.2, 0.25) is 0 Å². The van der Waals surface area contributed by atoms with Gasteiger partial charge in [0, 0.05) is 22.6 Å². The van der Waals surface area contributed by atoms with Gasteiger partial charge in [0.05, 0.1) is 19.0 Å². The van der Waals surface area contributed by atoms with E-state index in [1.54, 1.807) is 0 Å². The van der Waals surface area contributed by atoms with Crippen LogP contribution in [0.4, 0.5) is 0 Å². The van der Waals surface area contributed by atoms with Crippen LogP contribution >= 0.6 is 11.9 Å². The molecule has 0 fully saturated rings. The SMILES string of the molecule is C=C(/C=C\C=C/C)Sn1cc(CC(=O)OC)c2ccc(OCc3ccccc3)cc21. The number of nitrogens with zero attached hydrogens (tertiary/aromatic N) is 1. The zero-order chi connectivity index (χ0) is 21.3. The minimum Gasteiger partial charge on any atom is -0.489 e. The minimum absolute atomic E-state index is 0.214. The first-order chi connectivity index (χ1) is 14.6. The molecule has 0 saturated carbocycles. The molecule has 0 aliphatic carbocycles. The number of hydrogen-bond donors (Lipinski definition) is 0. The lowest BCUT2D eigenvalue weighted by atomic mass is 10.1. The van der Waals surface area contributed by atoms with Crippen LogP contribution in [-0.2, 0) is 22.6 Å². The smallest absolute Gasteiger partial charge is 0.310 e. The lowest BCUT2D eigenvalue weighted by Gasteiger charge is -2.08. The number of methoxy groups -OCH3 is 1. The summed E-state index contributed by atoms with van der Waals surface area (Å²) in [7, 11) is 1.40. The maximum atomic E-state index is 11.9. The number of ether oxygens (including phenoxy) is 2. The van der Waals surface area contributed by atoms with Gasteiger partial charge in [-0.05, 0) is 48.2 Å². The van der Waals surface area contributed by atoms with E-state index in [0.29, 0.717) is 6.61 Å². The lowest BCUT2D eigenvalue weighted by molar-refractivity contribution is -0.139. The summed E-state index contributed by atoms with van der Waals surface area (Å²) in [6.45, 7) is 6.57. The number of esters is 1. The van der Waals surface area contributed by atoms with Gasteiger partial charge in [-0.15, -0.1) is 0 Å². The van der Waals surface area contributed by atoms with Gasteiger partial charge in [0.15, 0.2) is 0 Å². The van der Waals surface area contributed by atoms with E-state index in [4.69, 9.17) is 9.47 Å². The molecule has 3 aromatic rings. The van der Waals surface area contributed by atoms with E-state index >= 15 is 0 Å². The van der Waals surface area contributed by atoms with Crippen LogP contribution in [0, 0.1) is 0 Å². The summed E-state index contributed by atoms with van der Waals surface area (Å²) in [5.74, 6) is 0.501. The van der Waals surface area contributed by atoms with Crippen molar-refractivity contribution in [1.82, 2.24) is 3.97 Å². The Bertz CT molecular complexity index is 1080. The fourth-order valence-corrected chi connectivity index (χ4v) is 3.77. The fourth-order valence-electron chi connectivity index (χ4n) is 2.95. The maximum Gasteiger partial charge on any atom is 0.310 e. The van der Waals surface area contributed by atoms with Gasteiger partial charge in [-0.2, -0.15) is 0 Å². The van der Waals surface area contributed by atoms with E-state index in [9.17, 15) is 4.79 Å². The first-order valence-electron chi connectivity index (χ1n) is 9.65. The molecule has 0 aliphatic heterocycles. The average Bonchev–Trinajstić information content (AvgIpc) is 3.09. The van der Waals surface area contributed by atoms with Crippen LogP contribution in [-0.4, -0.2) is 17.1 Å². The van der Waals surface area contributed by atoms with Crippen molar-refractivity contribution in [2.75, 3.05) is 7.11 Å². The largest absolute Gasteiger partial charge is 0.489 e. The second kappa shape index (κ2) is 10.6. The molecule has 5 heteroatoms. The highest BCUT2D eigenvalue weighted by Gasteiger charge is 2.14. The Labute approximate surface area is 181 Å². The van der Waals surface area contributed by atoms with Crippen molar-refractivity contribution in [1.29, 1.82) is 0 Å². The molecule has 2 aromatic carbocycles. The molecule has 0 atom stereocenters. The Kier molecular flexibility index (Phi) is 7.57. The lowest BCUT2D eigenvalue weighted by Crippen LogP contribution is -2.03. The molecule has 0 N–H and O–H groups in total. The third-order valence-corrected chi connectivity index (χ3v) is 5.31. The third kappa shape index (κ3) is 5.67. The molecule has 1 heterocycles. The molecule has 0 saturated heterocycles. The summed E-state index contributed by atoms with van der Waals surface area (Å²) in [5, 5.41) is 0.991. The number of benzene rings is 2. The zero-order valence-corrected chi connectivity index (χ0v) is 18.0. The molecule has 0 aliphatic rings. The molecule has 0 spiro atoms. The van der Waals surface area contributed by atoms with Crippen LogP contribution in [0.25, 0.3) is 10.9 Å². The Morgan fingerprint density at radius 2 is 1.97 bits per heavy atom. The van der Waals surface area contributed by atoms with Gasteiger partial charge in [0.1, 0.15) is 12.4 Å². The predicted octanol–water partition coefficient (Wildman–Crippen LogP) is 6.08. The molecular formula is C25H25NO3S. The summed E-state index contributed by atoms with van der Waals surface area (Å²) in [5.41, 5.74) is 2.98. The van der Waals surface area contributed by atoms with Gasteiger partial charge in [0.2, 0.25) is 0 Å². The number of rotatable bonds is 9. The van der Waals surface area contributed by atoms with E-state index in [1.807, 2.05) is 89.9 Å². The summed E-state index contributed by atoms with van der Waals surface area (Å²) >= 11 is 1.50. The van der Waals surface area contributed by atoms with Crippen molar-refractivity contribution < 1.29 is 14.3 Å². The monoisotopic (exact) mass is 419 g/mol. The van der Waals surface area contributed by atoms with E-state index < -0.39 is 0 Å². The average molecular weight is 420 g/mol. The number of hydrogen-bond acceptors (Lipinski definition) is 4. The highest BCUT2D eigenvalue weighted by molar-refractivity contribution is 8.02. The van der Waals surface area contributed by atoms with Gasteiger partial charge in [-0.25, -0.2) is 0 Å². The molecule has 1 aromatic heterocycles. The highest BCUT2D eigenvalue weighted by atomic mass is 32.2. The molecule has 0 unspecified atom stereocenters. The topological polar surface area (TPSA) is 40.5 Å². The summed E-state index contributed by atoms with van der Waals surface area (Å²) in [6, 6.07) is 16.0. The summed E-state index contributed by atoms with van der Waals surface area (Å²) in [4.78, 5) is 12.7. The van der Waals surface area contributed by atoms with E-state index in [2.05, 4.69) is 6.58 Å². The normalized spacial score (nSPS) is 11.4. The number of aromatic nitrogens is 1. The fraction of sp³-hybridized carbons (Fsp3) is 0.160. The summed E-state index contributed by atoms with van der Waals surface area (Å²) < 4.78 is 12.9. The first-order valence-corrected chi connectivity index (χ1v) is 10.4. The highest BCUT2D eigenvalue weighted by Crippen LogP contribution is 2.32. The maximum absolute atomic E-state index is 11.9. The van der Waals surface area contributed by atoms with Crippen molar-refractivity contribution in [3.05, 3.63) is 102 Å². The van der Waals surface area contributed by atoms with Crippen molar-refractivity contribution in [2.24, 2.45) is 0 Å². The van der Waals surface area contributed by atoms with Crippen molar-refractivity contribution >= 4 is 28.8 Å². The van der Waals surface area contributed by atoms with Crippen molar-refractivity contribution in [2.45, 2.75) is 20.0 Å². The Morgan fingerprint density at radius 3 is 2.70 bits per heavy atom. The predicted molar refractivity (Wildman–Crippen MR) is 125 cm³/mol. The molecule has 0 bridgehead atoms. The van der Waals surface area contributed by atoms with Gasteiger partial charge in [-0.1, -0.05) is 55.1 Å². The Balaban J connectivity index is 1.89. The molecule has 4 nitrogen and oxygen atoms in total. The van der Waals surface area contributed by atoms with Gasteiger partial charge >= 0.3 is 5.97 Å². The first kappa shape index (κ1) is 21.5. The second-order valence-electron chi connectivity index (χ2n) is 6.63. The number of carbonyl (C=O) groups excluding carboxylic acids is 1. The van der Waals surface area contributed by atoms with Crippen LogP contribution in [0.15, 0.2) is 90.5 Å². The number of carbonyl (C=O) groups is 1. The minimum atomic E-state index is -0.268. The Morgan fingerprint density at radius 1 is 1.17 bits per heavy atom. The third-order valence-electron chi connectivity index (χ3n) is 4.44. The molecule has 3 rings (SSSR count). The number of fused-ring (bicyclic) bond motifs is 1. The van der Waals surface area contributed by atoms with E-state index in [1.165, 1.54) is 19.1 Å². The molecule has 0 amide bonds. The quantitative estimate of drug-likeness (QED) is 0.311. The van der Waals surface area contributed by atoms with Crippen LogP contribution in [0.5, 0.6) is 5.75 Å². The molecular weight excluding hydrogens is 394 g/mol. The zero-order valence-electron chi connectivity index (χ0n) is 17.2. The van der Waals surface area contributed by atoms with Crippen LogP contribution in [0.1, 0.15) is 18.1 Å². The molecule has 154 valence electrons. The summed E-state index contributed by atoms with van der Waals surface area (Å²) in [6.07, 6.45) is 9.99. The van der Waals surface area contributed by atoms with Gasteiger partial charge in [-0.3, -0.25) is 8.77 Å². The van der Waals surface area contributed by atoms with E-state index in [-0.39, 0.29) is 12.4 Å². The van der Waals surface area contributed by atoms with Crippen LogP contribution < -0.4 is 4.74 Å². The van der Waals surface area contributed by atoms with Crippen LogP contribution in [0.3, 0.4) is 0 Å². The Hall–Kier alpha value is -3.18. The van der Waals surface area contributed by atoms with Gasteiger partial charge in [0.25, 0.3) is 0 Å². The van der Waals surface area contributed by atoms with Gasteiger partial charge < -0.3 is 9.47 Å². The molecule has 0 radical (unpaired) electrons. The van der Waals surface area contributed by atoms with E-state index in [0.717, 1.165) is 32.7 Å². The second-order valence-corrected chi connectivity index (χ2v) is 7.73. The standard InChI is InChI=1S/C25H25NO3S/c1-4-5-7-10-19(2)30-26-17-21(15-25(27)28-3)23-14-13-22(16-24(23)26)29-18-20-11-8-6-9-12-20/h4-14,16-17H,2,15,18H2,1,3H3/b5-4-,10-7-.